The van der Waals surface area contributed by atoms with Gasteiger partial charge in [0.2, 0.25) is 0 Å². The second-order valence-corrected chi connectivity index (χ2v) is 5.49. The van der Waals surface area contributed by atoms with E-state index in [1.54, 1.807) is 13.8 Å². The lowest BCUT2D eigenvalue weighted by atomic mass is 9.91. The lowest BCUT2D eigenvalue weighted by Gasteiger charge is -2.20. The van der Waals surface area contributed by atoms with Crippen molar-refractivity contribution in [2.45, 2.75) is 33.3 Å². The fraction of sp³-hybridized carbons (Fsp3) is 0.889. The molecular weight excluding hydrogens is 236 g/mol. The van der Waals surface area contributed by atoms with E-state index in [1.165, 1.54) is 0 Å². The molecule has 1 saturated heterocycles. The summed E-state index contributed by atoms with van der Waals surface area (Å²) in [6.07, 6.45) is -0.0896. The summed E-state index contributed by atoms with van der Waals surface area (Å²) in [6, 6.07) is 0. The van der Waals surface area contributed by atoms with Gasteiger partial charge in [0.25, 0.3) is 0 Å². The van der Waals surface area contributed by atoms with Crippen LogP contribution in [0.3, 0.4) is 0 Å². The average molecular weight is 252 g/mol. The number of rotatable bonds is 4. The summed E-state index contributed by atoms with van der Waals surface area (Å²) in [5.41, 5.74) is -0.571. The van der Waals surface area contributed by atoms with Gasteiger partial charge in [-0.05, 0) is 20.3 Å². The van der Waals surface area contributed by atoms with Crippen molar-refractivity contribution in [1.29, 1.82) is 0 Å². The Morgan fingerprint density at radius 2 is 2.12 bits per heavy atom. The Morgan fingerprint density at radius 3 is 2.56 bits per heavy atom. The molecule has 0 spiro atoms. The van der Waals surface area contributed by atoms with Crippen molar-refractivity contribution < 1.29 is 26.3 Å². The summed E-state index contributed by atoms with van der Waals surface area (Å²) in [5.74, 6) is -0.372. The highest BCUT2D eigenvalue weighted by Gasteiger charge is 2.33. The molecule has 16 heavy (non-hydrogen) atoms. The van der Waals surface area contributed by atoms with E-state index in [-0.39, 0.29) is 19.2 Å². The summed E-state index contributed by atoms with van der Waals surface area (Å²) < 4.78 is 35.3. The number of carbonyl (C=O) groups excluding carboxylic acids is 1. The fourth-order valence-corrected chi connectivity index (χ4v) is 1.78. The van der Waals surface area contributed by atoms with Crippen molar-refractivity contribution in [3.63, 3.8) is 0 Å². The van der Waals surface area contributed by atoms with Crippen LogP contribution in [-0.4, -0.2) is 33.7 Å². The van der Waals surface area contributed by atoms with Crippen LogP contribution in [0.25, 0.3) is 0 Å². The second kappa shape index (κ2) is 4.68. The maximum atomic E-state index is 11.5. The fourth-order valence-electron chi connectivity index (χ4n) is 0.966. The monoisotopic (exact) mass is 252 g/mol. The summed E-state index contributed by atoms with van der Waals surface area (Å²) in [6.45, 7) is 5.18. The normalized spacial score (nSPS) is 24.3. The van der Waals surface area contributed by atoms with Crippen molar-refractivity contribution in [3.05, 3.63) is 0 Å². The molecule has 0 amide bonds. The van der Waals surface area contributed by atoms with Crippen LogP contribution in [0.4, 0.5) is 0 Å². The van der Waals surface area contributed by atoms with E-state index in [0.29, 0.717) is 6.42 Å². The lowest BCUT2D eigenvalue weighted by Crippen LogP contribution is -2.29. The van der Waals surface area contributed by atoms with E-state index in [0.717, 1.165) is 0 Å². The standard InChI is InChI=1S/C9H16O6S/c1-4-9(2,3)8(10)13-5-7-6-14-16(11,12)15-7/h7H,4-6H2,1-3H3. The van der Waals surface area contributed by atoms with Gasteiger partial charge in [0, 0.05) is 0 Å². The summed E-state index contributed by atoms with van der Waals surface area (Å²) in [7, 11) is -3.88. The SMILES string of the molecule is CCC(C)(C)C(=O)OCC1COS(=O)(=O)O1. The minimum absolute atomic E-state index is 0.109. The number of ether oxygens (including phenoxy) is 1. The van der Waals surface area contributed by atoms with Gasteiger partial charge in [0.1, 0.15) is 12.7 Å². The molecule has 1 aliphatic rings. The maximum absolute atomic E-state index is 11.5. The van der Waals surface area contributed by atoms with Crippen LogP contribution in [0, 0.1) is 5.41 Å². The van der Waals surface area contributed by atoms with Gasteiger partial charge < -0.3 is 4.74 Å². The molecule has 6 nitrogen and oxygen atoms in total. The molecule has 0 aromatic carbocycles. The third kappa shape index (κ3) is 3.43. The second-order valence-electron chi connectivity index (χ2n) is 4.25. The van der Waals surface area contributed by atoms with E-state index < -0.39 is 21.9 Å². The van der Waals surface area contributed by atoms with Gasteiger partial charge in [-0.2, -0.15) is 8.42 Å². The van der Waals surface area contributed by atoms with Gasteiger partial charge in [0.15, 0.2) is 0 Å². The molecule has 1 unspecified atom stereocenters. The van der Waals surface area contributed by atoms with Crippen LogP contribution in [0.15, 0.2) is 0 Å². The molecule has 94 valence electrons. The molecule has 1 rings (SSSR count). The van der Waals surface area contributed by atoms with Crippen LogP contribution >= 0.6 is 0 Å². The maximum Gasteiger partial charge on any atom is 0.400 e. The lowest BCUT2D eigenvalue weighted by molar-refractivity contribution is -0.156. The number of hydrogen-bond donors (Lipinski definition) is 0. The smallest absolute Gasteiger partial charge is 0.400 e. The molecule has 0 bridgehead atoms. The Kier molecular flexibility index (Phi) is 3.92. The highest BCUT2D eigenvalue weighted by atomic mass is 32.3. The van der Waals surface area contributed by atoms with E-state index >= 15 is 0 Å². The van der Waals surface area contributed by atoms with Gasteiger partial charge in [-0.15, -0.1) is 0 Å². The summed E-state index contributed by atoms with van der Waals surface area (Å²) in [5, 5.41) is 0. The van der Waals surface area contributed by atoms with E-state index in [4.69, 9.17) is 4.74 Å². The van der Waals surface area contributed by atoms with Gasteiger partial charge >= 0.3 is 16.4 Å². The topological polar surface area (TPSA) is 78.9 Å². The first kappa shape index (κ1) is 13.4. The first-order valence-electron chi connectivity index (χ1n) is 5.02. The molecular formula is C9H16O6S. The molecule has 1 heterocycles. The average Bonchev–Trinajstić information content (AvgIpc) is 2.54. The zero-order valence-corrected chi connectivity index (χ0v) is 10.4. The van der Waals surface area contributed by atoms with Gasteiger partial charge in [-0.3, -0.25) is 4.79 Å². The highest BCUT2D eigenvalue weighted by Crippen LogP contribution is 2.22. The number of carbonyl (C=O) groups is 1. The highest BCUT2D eigenvalue weighted by molar-refractivity contribution is 7.82. The molecule has 0 aliphatic carbocycles. The first-order valence-corrected chi connectivity index (χ1v) is 6.35. The molecule has 1 fully saturated rings. The largest absolute Gasteiger partial charge is 0.462 e. The molecule has 7 heteroatoms. The molecule has 1 aliphatic heterocycles. The molecule has 0 saturated carbocycles. The Bertz CT molecular complexity index is 358. The van der Waals surface area contributed by atoms with Crippen molar-refractivity contribution >= 4 is 16.4 Å². The molecule has 1 atom stereocenters. The van der Waals surface area contributed by atoms with Gasteiger partial charge in [-0.25, -0.2) is 8.37 Å². The minimum atomic E-state index is -3.88. The quantitative estimate of drug-likeness (QED) is 0.683. The van der Waals surface area contributed by atoms with Crippen molar-refractivity contribution in [1.82, 2.24) is 0 Å². The van der Waals surface area contributed by atoms with Crippen molar-refractivity contribution in [3.8, 4) is 0 Å². The first-order chi connectivity index (χ1) is 7.27. The summed E-state index contributed by atoms with van der Waals surface area (Å²) >= 11 is 0. The molecule has 0 aromatic heterocycles. The Hall–Kier alpha value is -0.660. The predicted molar refractivity (Wildman–Crippen MR) is 54.8 cm³/mol. The molecule has 0 N–H and O–H groups in total. The Morgan fingerprint density at radius 1 is 1.50 bits per heavy atom. The Balaban J connectivity index is 2.39. The van der Waals surface area contributed by atoms with Crippen molar-refractivity contribution in [2.24, 2.45) is 5.41 Å². The van der Waals surface area contributed by atoms with E-state index in [9.17, 15) is 13.2 Å². The summed E-state index contributed by atoms with van der Waals surface area (Å²) in [4.78, 5) is 11.5. The number of esters is 1. The van der Waals surface area contributed by atoms with Crippen LogP contribution in [0.1, 0.15) is 27.2 Å². The molecule has 0 radical (unpaired) electrons. The van der Waals surface area contributed by atoms with E-state index in [1.807, 2.05) is 6.92 Å². The minimum Gasteiger partial charge on any atom is -0.462 e. The van der Waals surface area contributed by atoms with Gasteiger partial charge in [-0.1, -0.05) is 6.92 Å². The van der Waals surface area contributed by atoms with Crippen LogP contribution < -0.4 is 0 Å². The van der Waals surface area contributed by atoms with Crippen LogP contribution in [0.5, 0.6) is 0 Å². The van der Waals surface area contributed by atoms with E-state index in [2.05, 4.69) is 8.37 Å². The van der Waals surface area contributed by atoms with Crippen molar-refractivity contribution in [2.75, 3.05) is 13.2 Å². The van der Waals surface area contributed by atoms with Crippen LogP contribution in [-0.2, 0) is 28.3 Å². The van der Waals surface area contributed by atoms with Gasteiger partial charge in [0.05, 0.1) is 12.0 Å². The zero-order valence-electron chi connectivity index (χ0n) is 9.56. The molecule has 0 aromatic rings. The van der Waals surface area contributed by atoms with Crippen LogP contribution in [0.2, 0.25) is 0 Å². The third-order valence-corrected chi connectivity index (χ3v) is 3.42. The third-order valence-electron chi connectivity index (χ3n) is 2.49. The predicted octanol–water partition coefficient (Wildman–Crippen LogP) is 0.626. The zero-order chi connectivity index (χ0) is 12.4. The number of hydrogen-bond acceptors (Lipinski definition) is 6. The Labute approximate surface area is 95.2 Å².